The van der Waals surface area contributed by atoms with Crippen LogP contribution < -0.4 is 10.2 Å². The SMILES string of the molecule is CC(O)C(C(=O)NO)N(C)S(=O)(=O)c1ccc(Oc2ccc(F)cc2)cc1. The average molecular weight is 398 g/mol. The average Bonchev–Trinajstić information content (AvgIpc) is 2.63. The van der Waals surface area contributed by atoms with Gasteiger partial charge in [0, 0.05) is 7.05 Å². The third-order valence-corrected chi connectivity index (χ3v) is 5.63. The Labute approximate surface area is 155 Å². The molecule has 0 aliphatic rings. The van der Waals surface area contributed by atoms with Gasteiger partial charge in [0.15, 0.2) is 0 Å². The van der Waals surface area contributed by atoms with E-state index in [2.05, 4.69) is 0 Å². The number of sulfonamides is 1. The molecule has 0 aliphatic heterocycles. The van der Waals surface area contributed by atoms with Crippen molar-refractivity contribution in [2.24, 2.45) is 0 Å². The molecule has 8 nitrogen and oxygen atoms in total. The zero-order chi connectivity index (χ0) is 20.2. The number of rotatable bonds is 7. The smallest absolute Gasteiger partial charge is 0.264 e. The van der Waals surface area contributed by atoms with Crippen molar-refractivity contribution in [3.8, 4) is 11.5 Å². The summed E-state index contributed by atoms with van der Waals surface area (Å²) in [6.07, 6.45) is -1.36. The minimum absolute atomic E-state index is 0.146. The molecule has 0 saturated heterocycles. The van der Waals surface area contributed by atoms with Gasteiger partial charge in [0.1, 0.15) is 23.4 Å². The molecule has 3 N–H and O–H groups in total. The second-order valence-electron chi connectivity index (χ2n) is 5.71. The highest BCUT2D eigenvalue weighted by atomic mass is 32.2. The number of hydroxylamine groups is 1. The molecule has 2 aromatic rings. The van der Waals surface area contributed by atoms with Crippen molar-refractivity contribution in [1.29, 1.82) is 0 Å². The number of likely N-dealkylation sites (N-methyl/N-ethyl adjacent to an activating group) is 1. The Morgan fingerprint density at radius 3 is 2.04 bits per heavy atom. The van der Waals surface area contributed by atoms with Gasteiger partial charge in [-0.1, -0.05) is 0 Å². The van der Waals surface area contributed by atoms with Gasteiger partial charge in [0.2, 0.25) is 10.0 Å². The fraction of sp³-hybridized carbons (Fsp3) is 0.235. The number of carbonyl (C=O) groups excluding carboxylic acids is 1. The monoisotopic (exact) mass is 398 g/mol. The molecule has 0 fully saturated rings. The van der Waals surface area contributed by atoms with Gasteiger partial charge in [-0.25, -0.2) is 18.3 Å². The van der Waals surface area contributed by atoms with Crippen LogP contribution in [-0.2, 0) is 14.8 Å². The standard InChI is InChI=1S/C17H19FN2O6S/c1-11(21)16(17(22)19-23)20(2)27(24,25)15-9-7-14(8-10-15)26-13-5-3-12(18)4-6-13/h3-11,16,21,23H,1-2H3,(H,19,22). The Morgan fingerprint density at radius 2 is 1.59 bits per heavy atom. The third-order valence-electron chi connectivity index (χ3n) is 3.78. The molecule has 0 aromatic heterocycles. The first-order valence-corrected chi connectivity index (χ1v) is 9.24. The Hall–Kier alpha value is -2.53. The minimum atomic E-state index is -4.14. The van der Waals surface area contributed by atoms with Crippen LogP contribution in [0.3, 0.4) is 0 Å². The third kappa shape index (κ3) is 4.80. The van der Waals surface area contributed by atoms with Gasteiger partial charge in [-0.05, 0) is 55.5 Å². The van der Waals surface area contributed by atoms with Gasteiger partial charge in [0.25, 0.3) is 5.91 Å². The van der Waals surface area contributed by atoms with E-state index >= 15 is 0 Å². The maximum Gasteiger partial charge on any atom is 0.264 e. The number of nitrogens with zero attached hydrogens (tertiary/aromatic N) is 1. The van der Waals surface area contributed by atoms with Crippen LogP contribution in [0.5, 0.6) is 11.5 Å². The van der Waals surface area contributed by atoms with E-state index in [-0.39, 0.29) is 4.90 Å². The van der Waals surface area contributed by atoms with Crippen molar-refractivity contribution in [2.45, 2.75) is 24.0 Å². The number of halogens is 1. The lowest BCUT2D eigenvalue weighted by Crippen LogP contribution is -2.52. The summed E-state index contributed by atoms with van der Waals surface area (Å²) < 4.78 is 44.4. The molecular formula is C17H19FN2O6S. The van der Waals surface area contributed by atoms with Crippen molar-refractivity contribution in [1.82, 2.24) is 9.79 Å². The number of carbonyl (C=O) groups is 1. The molecule has 2 atom stereocenters. The molecule has 2 rings (SSSR count). The van der Waals surface area contributed by atoms with E-state index in [1.807, 2.05) is 0 Å². The highest BCUT2D eigenvalue weighted by molar-refractivity contribution is 7.89. The Kier molecular flexibility index (Phi) is 6.50. The number of aliphatic hydroxyl groups excluding tert-OH is 1. The molecule has 0 spiro atoms. The summed E-state index contributed by atoms with van der Waals surface area (Å²) >= 11 is 0. The van der Waals surface area contributed by atoms with E-state index in [1.165, 1.54) is 60.9 Å². The number of benzene rings is 2. The van der Waals surface area contributed by atoms with Crippen LogP contribution in [0.1, 0.15) is 6.92 Å². The molecule has 0 heterocycles. The van der Waals surface area contributed by atoms with Gasteiger partial charge < -0.3 is 9.84 Å². The summed E-state index contributed by atoms with van der Waals surface area (Å²) in [5.74, 6) is -0.778. The van der Waals surface area contributed by atoms with Crippen molar-refractivity contribution in [3.63, 3.8) is 0 Å². The predicted molar refractivity (Wildman–Crippen MR) is 93.3 cm³/mol. The number of aliphatic hydroxyl groups is 1. The number of nitrogens with one attached hydrogen (secondary N) is 1. The van der Waals surface area contributed by atoms with Gasteiger partial charge in [-0.15, -0.1) is 0 Å². The van der Waals surface area contributed by atoms with Crippen LogP contribution in [0.15, 0.2) is 53.4 Å². The first kappa shape index (κ1) is 20.8. The zero-order valence-corrected chi connectivity index (χ0v) is 15.4. The summed E-state index contributed by atoms with van der Waals surface area (Å²) in [7, 11) is -3.02. The predicted octanol–water partition coefficient (Wildman–Crippen LogP) is 1.49. The van der Waals surface area contributed by atoms with Crippen LogP contribution in [0.2, 0.25) is 0 Å². The number of amides is 1. The molecule has 1 amide bonds. The fourth-order valence-corrected chi connectivity index (χ4v) is 3.77. The lowest BCUT2D eigenvalue weighted by atomic mass is 10.2. The highest BCUT2D eigenvalue weighted by Crippen LogP contribution is 2.25. The van der Waals surface area contributed by atoms with Gasteiger partial charge in [-0.3, -0.25) is 10.0 Å². The van der Waals surface area contributed by atoms with Crippen molar-refractivity contribution >= 4 is 15.9 Å². The molecule has 2 aromatic carbocycles. The van der Waals surface area contributed by atoms with E-state index in [0.717, 1.165) is 7.05 Å². The molecule has 2 unspecified atom stereocenters. The van der Waals surface area contributed by atoms with Gasteiger partial charge in [-0.2, -0.15) is 4.31 Å². The molecule has 146 valence electrons. The second kappa shape index (κ2) is 8.44. The van der Waals surface area contributed by atoms with Gasteiger partial charge >= 0.3 is 0 Å². The van der Waals surface area contributed by atoms with E-state index in [9.17, 15) is 22.7 Å². The second-order valence-corrected chi connectivity index (χ2v) is 7.71. The molecule has 0 saturated carbocycles. The number of hydrogen-bond acceptors (Lipinski definition) is 6. The Morgan fingerprint density at radius 1 is 1.11 bits per heavy atom. The summed E-state index contributed by atoms with van der Waals surface area (Å²) in [5.41, 5.74) is 1.34. The topological polar surface area (TPSA) is 116 Å². The first-order chi connectivity index (χ1) is 12.7. The summed E-state index contributed by atoms with van der Waals surface area (Å²) in [6, 6.07) is 9.11. The van der Waals surface area contributed by atoms with Crippen LogP contribution in [0.4, 0.5) is 4.39 Å². The van der Waals surface area contributed by atoms with Crippen LogP contribution in [0, 0.1) is 5.82 Å². The lowest BCUT2D eigenvalue weighted by molar-refractivity contribution is -0.136. The summed E-state index contributed by atoms with van der Waals surface area (Å²) in [6.45, 7) is 1.23. The van der Waals surface area contributed by atoms with Crippen molar-refractivity contribution in [2.75, 3.05) is 7.05 Å². The zero-order valence-electron chi connectivity index (χ0n) is 14.5. The molecule has 10 heteroatoms. The maximum absolute atomic E-state index is 12.9. The largest absolute Gasteiger partial charge is 0.457 e. The normalized spacial score (nSPS) is 13.9. The Balaban J connectivity index is 2.23. The number of ether oxygens (including phenoxy) is 1. The molecule has 0 radical (unpaired) electrons. The van der Waals surface area contributed by atoms with E-state index in [4.69, 9.17) is 9.94 Å². The van der Waals surface area contributed by atoms with E-state index < -0.39 is 33.9 Å². The highest BCUT2D eigenvalue weighted by Gasteiger charge is 2.36. The lowest BCUT2D eigenvalue weighted by Gasteiger charge is -2.27. The van der Waals surface area contributed by atoms with Crippen LogP contribution >= 0.6 is 0 Å². The Bertz CT molecular complexity index is 885. The van der Waals surface area contributed by atoms with Crippen molar-refractivity contribution < 1.29 is 32.7 Å². The van der Waals surface area contributed by atoms with E-state index in [1.54, 1.807) is 0 Å². The number of hydrogen-bond donors (Lipinski definition) is 3. The fourth-order valence-electron chi connectivity index (χ4n) is 2.39. The van der Waals surface area contributed by atoms with E-state index in [0.29, 0.717) is 15.8 Å². The summed E-state index contributed by atoms with van der Waals surface area (Å²) in [5, 5.41) is 18.5. The summed E-state index contributed by atoms with van der Waals surface area (Å²) in [4.78, 5) is 11.5. The van der Waals surface area contributed by atoms with Crippen molar-refractivity contribution in [3.05, 3.63) is 54.3 Å². The van der Waals surface area contributed by atoms with Crippen LogP contribution in [0.25, 0.3) is 0 Å². The first-order valence-electron chi connectivity index (χ1n) is 7.80. The molecule has 0 bridgehead atoms. The molecule has 27 heavy (non-hydrogen) atoms. The quantitative estimate of drug-likeness (QED) is 0.481. The minimum Gasteiger partial charge on any atom is -0.457 e. The van der Waals surface area contributed by atoms with Crippen LogP contribution in [-0.4, -0.2) is 48.1 Å². The molecule has 0 aliphatic carbocycles. The molecular weight excluding hydrogens is 379 g/mol. The maximum atomic E-state index is 12.9. The van der Waals surface area contributed by atoms with Gasteiger partial charge in [0.05, 0.1) is 11.0 Å².